The van der Waals surface area contributed by atoms with Crippen LogP contribution in [0.2, 0.25) is 0 Å². The fraction of sp³-hybridized carbons (Fsp3) is 0.652. The van der Waals surface area contributed by atoms with Crippen LogP contribution < -0.4 is 5.32 Å². The molecule has 2 saturated heterocycles. The molecule has 1 aromatic rings. The second-order valence-electron chi connectivity index (χ2n) is 9.60. The molecule has 28 heavy (non-hydrogen) atoms. The molecule has 0 radical (unpaired) electrons. The first-order valence-corrected chi connectivity index (χ1v) is 11.6. The van der Waals surface area contributed by atoms with Gasteiger partial charge in [0.25, 0.3) is 5.91 Å². The van der Waals surface area contributed by atoms with Gasteiger partial charge in [-0.3, -0.25) is 9.69 Å². The van der Waals surface area contributed by atoms with Gasteiger partial charge < -0.3 is 5.32 Å². The normalized spacial score (nSPS) is 24.6. The summed E-state index contributed by atoms with van der Waals surface area (Å²) >= 11 is 1.91. The van der Waals surface area contributed by atoms with Crippen LogP contribution in [0.15, 0.2) is 24.3 Å². The molecule has 1 N–H and O–H groups in total. The average Bonchev–Trinajstić information content (AvgIpc) is 3.15. The van der Waals surface area contributed by atoms with Crippen LogP contribution >= 0.6 is 11.8 Å². The van der Waals surface area contributed by atoms with Crippen molar-refractivity contribution in [3.63, 3.8) is 0 Å². The Morgan fingerprint density at radius 2 is 1.89 bits per heavy atom. The molecule has 2 aliphatic rings. The van der Waals surface area contributed by atoms with Gasteiger partial charge in [0.2, 0.25) is 0 Å². The molecule has 0 aromatic heterocycles. The van der Waals surface area contributed by atoms with Crippen molar-refractivity contribution in [2.75, 3.05) is 5.75 Å². The average molecular weight is 403 g/mol. The van der Waals surface area contributed by atoms with Gasteiger partial charge in [0.05, 0.1) is 12.1 Å². The summed E-state index contributed by atoms with van der Waals surface area (Å²) in [4.78, 5) is 27.1. The quantitative estimate of drug-likeness (QED) is 0.524. The van der Waals surface area contributed by atoms with E-state index in [9.17, 15) is 9.59 Å². The second kappa shape index (κ2) is 8.48. The maximum Gasteiger partial charge on any atom is 0.325 e. The predicted molar refractivity (Wildman–Crippen MR) is 117 cm³/mol. The van der Waals surface area contributed by atoms with Gasteiger partial charge in [-0.1, -0.05) is 66.0 Å². The Balaban J connectivity index is 1.64. The van der Waals surface area contributed by atoms with E-state index in [2.05, 4.69) is 39.9 Å². The van der Waals surface area contributed by atoms with Crippen molar-refractivity contribution >= 4 is 23.7 Å². The lowest BCUT2D eigenvalue weighted by Gasteiger charge is -2.22. The number of nitrogens with one attached hydrogen (secondary N) is 1. The van der Waals surface area contributed by atoms with Crippen LogP contribution in [-0.2, 0) is 5.41 Å². The number of carbonyl (C=O) groups is 2. The standard InChI is InChI=1S/C23H34N2O2S/c1-15(2)8-6-7-9-19-20-18(14-28-19)25(22(27)24-20)21(26)16-10-12-17(13-11-16)23(3,4)5/h10-13,15,18-20H,6-9,14H2,1-5H3,(H,24,27)/t18-,19-,20-/m0/s1. The van der Waals surface area contributed by atoms with Gasteiger partial charge in [0.15, 0.2) is 0 Å². The fourth-order valence-electron chi connectivity index (χ4n) is 4.12. The molecule has 0 saturated carbocycles. The topological polar surface area (TPSA) is 49.4 Å². The minimum Gasteiger partial charge on any atom is -0.332 e. The molecule has 0 spiro atoms. The first-order chi connectivity index (χ1) is 13.2. The zero-order valence-corrected chi connectivity index (χ0v) is 18.6. The molecule has 3 atom stereocenters. The lowest BCUT2D eigenvalue weighted by atomic mass is 9.86. The molecular weight excluding hydrogens is 368 g/mol. The van der Waals surface area contributed by atoms with E-state index < -0.39 is 0 Å². The Kier molecular flexibility index (Phi) is 6.43. The Labute approximate surface area is 173 Å². The molecule has 2 aliphatic heterocycles. The lowest BCUT2D eigenvalue weighted by Crippen LogP contribution is -2.41. The first-order valence-electron chi connectivity index (χ1n) is 10.5. The van der Waals surface area contributed by atoms with Crippen LogP contribution in [0.5, 0.6) is 0 Å². The van der Waals surface area contributed by atoms with E-state index in [0.29, 0.717) is 10.8 Å². The number of rotatable bonds is 6. The van der Waals surface area contributed by atoms with E-state index in [4.69, 9.17) is 0 Å². The SMILES string of the molecule is CC(C)CCCC[C@@H]1SC[C@H]2[C@@H]1NC(=O)N2C(=O)c1ccc(C(C)(C)C)cc1. The number of hydrogen-bond acceptors (Lipinski definition) is 3. The van der Waals surface area contributed by atoms with Crippen molar-refractivity contribution in [2.45, 2.75) is 83.1 Å². The Bertz CT molecular complexity index is 708. The Morgan fingerprint density at radius 3 is 2.50 bits per heavy atom. The van der Waals surface area contributed by atoms with Crippen molar-refractivity contribution in [3.8, 4) is 0 Å². The third-order valence-corrected chi connectivity index (χ3v) is 7.36. The summed E-state index contributed by atoms with van der Waals surface area (Å²) in [5.74, 6) is 1.41. The molecule has 3 amide bonds. The predicted octanol–water partition coefficient (Wildman–Crippen LogP) is 5.22. The van der Waals surface area contributed by atoms with Gasteiger partial charge in [-0.2, -0.15) is 11.8 Å². The molecule has 2 fully saturated rings. The maximum absolute atomic E-state index is 13.1. The van der Waals surface area contributed by atoms with Crippen LogP contribution in [-0.4, -0.2) is 39.9 Å². The van der Waals surface area contributed by atoms with Crippen LogP contribution in [0.1, 0.15) is 76.2 Å². The lowest BCUT2D eigenvalue weighted by molar-refractivity contribution is 0.0789. The van der Waals surface area contributed by atoms with Gasteiger partial charge in [-0.15, -0.1) is 0 Å². The summed E-state index contributed by atoms with van der Waals surface area (Å²) in [6.07, 6.45) is 4.80. The number of carbonyl (C=O) groups excluding carboxylic acids is 2. The highest BCUT2D eigenvalue weighted by Crippen LogP contribution is 2.37. The number of unbranched alkanes of at least 4 members (excludes halogenated alkanes) is 1. The number of benzene rings is 1. The maximum atomic E-state index is 13.1. The van der Waals surface area contributed by atoms with E-state index in [1.807, 2.05) is 36.0 Å². The molecular formula is C23H34N2O2S. The summed E-state index contributed by atoms with van der Waals surface area (Å²) in [7, 11) is 0. The second-order valence-corrected chi connectivity index (χ2v) is 10.9. The van der Waals surface area contributed by atoms with Gasteiger partial charge in [0.1, 0.15) is 0 Å². The van der Waals surface area contributed by atoms with E-state index in [1.54, 1.807) is 0 Å². The molecule has 2 heterocycles. The van der Waals surface area contributed by atoms with E-state index in [-0.39, 0.29) is 29.4 Å². The minimum atomic E-state index is -0.229. The zero-order valence-electron chi connectivity index (χ0n) is 17.8. The molecule has 0 aliphatic carbocycles. The van der Waals surface area contributed by atoms with E-state index >= 15 is 0 Å². The number of nitrogens with zero attached hydrogens (tertiary/aromatic N) is 1. The van der Waals surface area contributed by atoms with Gasteiger partial charge in [-0.25, -0.2) is 4.79 Å². The fourth-order valence-corrected chi connectivity index (χ4v) is 5.71. The van der Waals surface area contributed by atoms with Crippen molar-refractivity contribution in [3.05, 3.63) is 35.4 Å². The van der Waals surface area contributed by atoms with Crippen LogP contribution in [0.4, 0.5) is 4.79 Å². The number of imide groups is 1. The third-order valence-electron chi connectivity index (χ3n) is 5.87. The van der Waals surface area contributed by atoms with Crippen molar-refractivity contribution < 1.29 is 9.59 Å². The number of hydrogen-bond donors (Lipinski definition) is 1. The molecule has 1 aromatic carbocycles. The number of amides is 3. The van der Waals surface area contributed by atoms with Crippen molar-refractivity contribution in [2.24, 2.45) is 5.92 Å². The first kappa shape index (κ1) is 21.2. The van der Waals surface area contributed by atoms with Crippen LogP contribution in [0, 0.1) is 5.92 Å². The van der Waals surface area contributed by atoms with Gasteiger partial charge in [0, 0.05) is 16.6 Å². The molecule has 154 valence electrons. The van der Waals surface area contributed by atoms with Crippen LogP contribution in [0.3, 0.4) is 0 Å². The summed E-state index contributed by atoms with van der Waals surface area (Å²) in [5.41, 5.74) is 1.82. The highest BCUT2D eigenvalue weighted by atomic mass is 32.2. The summed E-state index contributed by atoms with van der Waals surface area (Å²) in [5, 5.41) is 3.52. The molecule has 4 nitrogen and oxygen atoms in total. The number of thioether (sulfide) groups is 1. The highest BCUT2D eigenvalue weighted by Gasteiger charge is 2.50. The van der Waals surface area contributed by atoms with Gasteiger partial charge >= 0.3 is 6.03 Å². The molecule has 0 unspecified atom stereocenters. The van der Waals surface area contributed by atoms with Crippen molar-refractivity contribution in [1.82, 2.24) is 10.2 Å². The Hall–Kier alpha value is -1.49. The number of fused-ring (bicyclic) bond motifs is 1. The molecule has 5 heteroatoms. The van der Waals surface area contributed by atoms with E-state index in [1.165, 1.54) is 29.7 Å². The summed E-state index contributed by atoms with van der Waals surface area (Å²) in [6.45, 7) is 11.0. The van der Waals surface area contributed by atoms with E-state index in [0.717, 1.165) is 18.1 Å². The third kappa shape index (κ3) is 4.56. The molecule has 0 bridgehead atoms. The van der Waals surface area contributed by atoms with Crippen molar-refractivity contribution in [1.29, 1.82) is 0 Å². The smallest absolute Gasteiger partial charge is 0.325 e. The Morgan fingerprint density at radius 1 is 1.21 bits per heavy atom. The van der Waals surface area contributed by atoms with Crippen LogP contribution in [0.25, 0.3) is 0 Å². The largest absolute Gasteiger partial charge is 0.332 e. The van der Waals surface area contributed by atoms with Gasteiger partial charge in [-0.05, 0) is 35.4 Å². The summed E-state index contributed by atoms with van der Waals surface area (Å²) < 4.78 is 0. The molecule has 3 rings (SSSR count). The number of urea groups is 1. The zero-order chi connectivity index (χ0) is 20.5. The minimum absolute atomic E-state index is 0.0256. The monoisotopic (exact) mass is 402 g/mol. The highest BCUT2D eigenvalue weighted by molar-refractivity contribution is 8.00. The summed E-state index contributed by atoms with van der Waals surface area (Å²) in [6, 6.07) is 7.55.